The molecule has 1 atom stereocenters. The first kappa shape index (κ1) is 14.3. The summed E-state index contributed by atoms with van der Waals surface area (Å²) in [6.45, 7) is 0.233. The minimum atomic E-state index is -1.12. The smallest absolute Gasteiger partial charge is 0.327 e. The van der Waals surface area contributed by atoms with Gasteiger partial charge in [-0.15, -0.1) is 0 Å². The van der Waals surface area contributed by atoms with Gasteiger partial charge in [0.1, 0.15) is 6.04 Å². The zero-order valence-corrected chi connectivity index (χ0v) is 10.2. The second-order valence-corrected chi connectivity index (χ2v) is 4.60. The van der Waals surface area contributed by atoms with Crippen molar-refractivity contribution in [2.75, 3.05) is 24.6 Å². The van der Waals surface area contributed by atoms with E-state index in [9.17, 15) is 19.2 Å². The number of carboxylic acids is 1. The summed E-state index contributed by atoms with van der Waals surface area (Å²) >= 11 is 1.24. The number of carbonyl (C=O) groups excluding carboxylic acids is 3. The first-order valence-corrected chi connectivity index (χ1v) is 6.30. The van der Waals surface area contributed by atoms with Crippen molar-refractivity contribution in [1.29, 1.82) is 0 Å². The fraction of sp³-hybridized carbons (Fsp3) is 0.556. The standard InChI is InChI=1S/C9H13N3O5S/c13-5-11-6(8(15)16)4-18-2-1-12-7(14)3-10-9(12)17/h5-6H,1-4H2,(H,10,17)(H,11,13)(H,15,16). The van der Waals surface area contributed by atoms with Crippen molar-refractivity contribution in [1.82, 2.24) is 15.5 Å². The van der Waals surface area contributed by atoms with E-state index in [-0.39, 0.29) is 24.7 Å². The summed E-state index contributed by atoms with van der Waals surface area (Å²) in [7, 11) is 0. The van der Waals surface area contributed by atoms with Gasteiger partial charge in [0.05, 0.1) is 6.54 Å². The molecule has 0 aromatic carbocycles. The Morgan fingerprint density at radius 3 is 2.83 bits per heavy atom. The van der Waals surface area contributed by atoms with Gasteiger partial charge in [-0.25, -0.2) is 9.59 Å². The van der Waals surface area contributed by atoms with Gasteiger partial charge in [0.15, 0.2) is 0 Å². The molecule has 0 bridgehead atoms. The first-order chi connectivity index (χ1) is 8.56. The van der Waals surface area contributed by atoms with Gasteiger partial charge in [-0.05, 0) is 0 Å². The highest BCUT2D eigenvalue weighted by Crippen LogP contribution is 2.06. The molecule has 1 unspecified atom stereocenters. The molecule has 0 saturated carbocycles. The van der Waals surface area contributed by atoms with E-state index in [4.69, 9.17) is 5.11 Å². The quantitative estimate of drug-likeness (QED) is 0.281. The molecular weight excluding hydrogens is 262 g/mol. The fourth-order valence-corrected chi connectivity index (χ4v) is 2.26. The van der Waals surface area contributed by atoms with Crippen molar-refractivity contribution in [2.45, 2.75) is 6.04 Å². The Morgan fingerprint density at radius 2 is 2.33 bits per heavy atom. The molecule has 1 heterocycles. The second-order valence-electron chi connectivity index (χ2n) is 3.45. The van der Waals surface area contributed by atoms with Crippen LogP contribution < -0.4 is 10.6 Å². The average molecular weight is 275 g/mol. The van der Waals surface area contributed by atoms with E-state index in [0.717, 1.165) is 4.90 Å². The molecule has 4 amide bonds. The molecule has 18 heavy (non-hydrogen) atoms. The predicted molar refractivity (Wildman–Crippen MR) is 63.1 cm³/mol. The number of nitrogens with one attached hydrogen (secondary N) is 2. The monoisotopic (exact) mass is 275 g/mol. The molecule has 1 fully saturated rings. The van der Waals surface area contributed by atoms with Crippen molar-refractivity contribution >= 4 is 36.1 Å². The van der Waals surface area contributed by atoms with Crippen LogP contribution in [0.3, 0.4) is 0 Å². The molecule has 0 aliphatic carbocycles. The summed E-state index contributed by atoms with van der Waals surface area (Å²) in [6.07, 6.45) is 0.330. The third-order valence-electron chi connectivity index (χ3n) is 2.25. The molecule has 100 valence electrons. The summed E-state index contributed by atoms with van der Waals surface area (Å²) < 4.78 is 0. The van der Waals surface area contributed by atoms with Crippen LogP contribution in [0.15, 0.2) is 0 Å². The molecule has 1 aliphatic heterocycles. The number of hydrogen-bond acceptors (Lipinski definition) is 5. The molecule has 0 aromatic rings. The Hall–Kier alpha value is -1.77. The van der Waals surface area contributed by atoms with Crippen molar-refractivity contribution in [2.24, 2.45) is 0 Å². The van der Waals surface area contributed by atoms with E-state index in [1.165, 1.54) is 11.8 Å². The number of carboxylic acid groups (broad SMARTS) is 1. The lowest BCUT2D eigenvalue weighted by Gasteiger charge is -2.13. The molecule has 1 aliphatic rings. The molecule has 0 aromatic heterocycles. The average Bonchev–Trinajstić information content (AvgIpc) is 2.63. The van der Waals surface area contributed by atoms with E-state index in [2.05, 4.69) is 10.6 Å². The van der Waals surface area contributed by atoms with Crippen molar-refractivity contribution in [3.8, 4) is 0 Å². The number of amides is 4. The van der Waals surface area contributed by atoms with E-state index < -0.39 is 18.0 Å². The van der Waals surface area contributed by atoms with Crippen LogP contribution in [0.5, 0.6) is 0 Å². The summed E-state index contributed by atoms with van der Waals surface area (Å²) in [5, 5.41) is 13.3. The van der Waals surface area contributed by atoms with Crippen molar-refractivity contribution < 1.29 is 24.3 Å². The minimum absolute atomic E-state index is 0.00789. The van der Waals surface area contributed by atoms with E-state index in [1.54, 1.807) is 0 Å². The normalized spacial score (nSPS) is 16.3. The molecule has 0 radical (unpaired) electrons. The molecular formula is C9H13N3O5S. The van der Waals surface area contributed by atoms with Crippen LogP contribution >= 0.6 is 11.8 Å². The minimum Gasteiger partial charge on any atom is -0.480 e. The van der Waals surface area contributed by atoms with Crippen LogP contribution in [-0.2, 0) is 14.4 Å². The lowest BCUT2D eigenvalue weighted by molar-refractivity contribution is -0.139. The van der Waals surface area contributed by atoms with E-state index >= 15 is 0 Å². The molecule has 1 rings (SSSR count). The lowest BCUT2D eigenvalue weighted by atomic mass is 10.3. The number of imide groups is 1. The SMILES string of the molecule is O=CNC(CSCCN1C(=O)CNC1=O)C(=O)O. The maximum absolute atomic E-state index is 11.2. The topological polar surface area (TPSA) is 116 Å². The summed E-state index contributed by atoms with van der Waals surface area (Å²) in [5.74, 6) is -0.813. The third kappa shape index (κ3) is 3.91. The van der Waals surface area contributed by atoms with Crippen LogP contribution in [0.25, 0.3) is 0 Å². The lowest BCUT2D eigenvalue weighted by Crippen LogP contribution is -2.38. The number of urea groups is 1. The Balaban J connectivity index is 2.25. The Labute approximate surface area is 107 Å². The van der Waals surface area contributed by atoms with Gasteiger partial charge in [0, 0.05) is 18.1 Å². The molecule has 9 heteroatoms. The number of hydrogen-bond donors (Lipinski definition) is 3. The highest BCUT2D eigenvalue weighted by molar-refractivity contribution is 7.99. The number of nitrogens with zero attached hydrogens (tertiary/aromatic N) is 1. The maximum atomic E-state index is 11.2. The van der Waals surface area contributed by atoms with Crippen LogP contribution in [0.4, 0.5) is 4.79 Å². The highest BCUT2D eigenvalue weighted by Gasteiger charge is 2.27. The largest absolute Gasteiger partial charge is 0.480 e. The van der Waals surface area contributed by atoms with Gasteiger partial charge >= 0.3 is 12.0 Å². The van der Waals surface area contributed by atoms with Crippen molar-refractivity contribution in [3.63, 3.8) is 0 Å². The van der Waals surface area contributed by atoms with Gasteiger partial charge < -0.3 is 15.7 Å². The maximum Gasteiger partial charge on any atom is 0.327 e. The second kappa shape index (κ2) is 6.84. The predicted octanol–water partition coefficient (Wildman–Crippen LogP) is -1.53. The summed E-state index contributed by atoms with van der Waals surface area (Å²) in [4.78, 5) is 44.3. The Kier molecular flexibility index (Phi) is 5.43. The van der Waals surface area contributed by atoms with Crippen LogP contribution in [-0.4, -0.2) is 65.0 Å². The van der Waals surface area contributed by atoms with Crippen LogP contribution in [0.2, 0.25) is 0 Å². The summed E-state index contributed by atoms with van der Waals surface area (Å²) in [5.41, 5.74) is 0. The van der Waals surface area contributed by atoms with Crippen LogP contribution in [0.1, 0.15) is 0 Å². The summed E-state index contributed by atoms with van der Waals surface area (Å²) in [6, 6.07) is -1.39. The number of rotatable bonds is 8. The van der Waals surface area contributed by atoms with Gasteiger partial charge in [-0.3, -0.25) is 14.5 Å². The van der Waals surface area contributed by atoms with Gasteiger partial charge in [0.2, 0.25) is 12.3 Å². The molecule has 8 nitrogen and oxygen atoms in total. The zero-order valence-electron chi connectivity index (χ0n) is 9.42. The zero-order chi connectivity index (χ0) is 13.5. The molecule has 3 N–H and O–H groups in total. The van der Waals surface area contributed by atoms with Gasteiger partial charge in [-0.1, -0.05) is 0 Å². The number of carbonyl (C=O) groups is 4. The van der Waals surface area contributed by atoms with E-state index in [0.29, 0.717) is 12.2 Å². The Bertz CT molecular complexity index is 346. The number of thioether (sulfide) groups is 1. The third-order valence-corrected chi connectivity index (χ3v) is 3.29. The number of aliphatic carboxylic acids is 1. The first-order valence-electron chi connectivity index (χ1n) is 5.14. The van der Waals surface area contributed by atoms with Crippen LogP contribution in [0, 0.1) is 0 Å². The fourth-order valence-electron chi connectivity index (χ4n) is 1.31. The molecule has 0 spiro atoms. The van der Waals surface area contributed by atoms with Crippen molar-refractivity contribution in [3.05, 3.63) is 0 Å². The van der Waals surface area contributed by atoms with E-state index in [1.807, 2.05) is 0 Å². The molecule has 1 saturated heterocycles. The van der Waals surface area contributed by atoms with Gasteiger partial charge in [0.25, 0.3) is 0 Å². The highest BCUT2D eigenvalue weighted by atomic mass is 32.2. The Morgan fingerprint density at radius 1 is 1.61 bits per heavy atom. The van der Waals surface area contributed by atoms with Gasteiger partial charge in [-0.2, -0.15) is 11.8 Å².